The van der Waals surface area contributed by atoms with Crippen molar-refractivity contribution in [2.75, 3.05) is 4.72 Å². The molecule has 0 bridgehead atoms. The van der Waals surface area contributed by atoms with Gasteiger partial charge in [0.25, 0.3) is 0 Å². The van der Waals surface area contributed by atoms with Gasteiger partial charge in [-0.25, -0.2) is 4.98 Å². The zero-order chi connectivity index (χ0) is 18.9. The highest BCUT2D eigenvalue weighted by Gasteiger charge is 2.46. The van der Waals surface area contributed by atoms with Crippen molar-refractivity contribution in [3.63, 3.8) is 0 Å². The smallest absolute Gasteiger partial charge is 0.251 e. The van der Waals surface area contributed by atoms with Gasteiger partial charge in [0.2, 0.25) is 0 Å². The number of benzene rings is 2. The Hall–Kier alpha value is -2.10. The van der Waals surface area contributed by atoms with E-state index in [9.17, 15) is 21.6 Å². The molecular formula is C16H10ClF3N2O2S2. The first-order valence-electron chi connectivity index (χ1n) is 7.09. The van der Waals surface area contributed by atoms with Crippen molar-refractivity contribution in [2.24, 2.45) is 0 Å². The third-order valence-corrected chi connectivity index (χ3v) is 5.78. The number of aromatic nitrogens is 1. The number of rotatable bonds is 4. The topological polar surface area (TPSA) is 59.1 Å². The lowest BCUT2D eigenvalue weighted by atomic mass is 10.1. The Balaban J connectivity index is 2.11. The van der Waals surface area contributed by atoms with Crippen LogP contribution in [0.3, 0.4) is 0 Å². The summed E-state index contributed by atoms with van der Waals surface area (Å²) in [5, 5.41) is 0.120. The number of thiazole rings is 1. The van der Waals surface area contributed by atoms with E-state index in [1.54, 1.807) is 54.6 Å². The molecule has 0 amide bonds. The maximum Gasteiger partial charge on any atom is 0.516 e. The van der Waals surface area contributed by atoms with Crippen LogP contribution in [0.2, 0.25) is 5.02 Å². The molecule has 1 heterocycles. The van der Waals surface area contributed by atoms with Gasteiger partial charge >= 0.3 is 15.5 Å². The van der Waals surface area contributed by atoms with Crippen molar-refractivity contribution >= 4 is 38.1 Å². The predicted molar refractivity (Wildman–Crippen MR) is 96.6 cm³/mol. The van der Waals surface area contributed by atoms with E-state index >= 15 is 0 Å². The highest BCUT2D eigenvalue weighted by molar-refractivity contribution is 7.93. The van der Waals surface area contributed by atoms with Crippen LogP contribution in [0.5, 0.6) is 0 Å². The highest BCUT2D eigenvalue weighted by atomic mass is 35.5. The lowest BCUT2D eigenvalue weighted by molar-refractivity contribution is -0.0429. The summed E-state index contributed by atoms with van der Waals surface area (Å²) in [5.41, 5.74) is -3.77. The minimum Gasteiger partial charge on any atom is -0.251 e. The number of nitrogens with one attached hydrogen (secondary N) is 1. The van der Waals surface area contributed by atoms with Crippen molar-refractivity contribution in [3.05, 3.63) is 59.6 Å². The van der Waals surface area contributed by atoms with Gasteiger partial charge in [-0.05, 0) is 17.7 Å². The Kier molecular flexibility index (Phi) is 4.96. The van der Waals surface area contributed by atoms with Crippen LogP contribution in [0.15, 0.2) is 54.6 Å². The van der Waals surface area contributed by atoms with Crippen LogP contribution < -0.4 is 4.72 Å². The lowest BCUT2D eigenvalue weighted by Crippen LogP contribution is -2.29. The van der Waals surface area contributed by atoms with Gasteiger partial charge in [0.05, 0.1) is 10.6 Å². The molecule has 0 aliphatic carbocycles. The first kappa shape index (κ1) is 18.7. The highest BCUT2D eigenvalue weighted by Crippen LogP contribution is 2.40. The molecule has 0 unspecified atom stereocenters. The van der Waals surface area contributed by atoms with Gasteiger partial charge < -0.3 is 0 Å². The minimum absolute atomic E-state index is 0.359. The molecule has 10 heteroatoms. The average molecular weight is 419 g/mol. The van der Waals surface area contributed by atoms with E-state index < -0.39 is 15.5 Å². The molecule has 0 saturated heterocycles. The molecule has 3 rings (SSSR count). The van der Waals surface area contributed by atoms with Gasteiger partial charge in [-0.15, -0.1) is 0 Å². The van der Waals surface area contributed by atoms with Gasteiger partial charge in [0, 0.05) is 10.6 Å². The number of alkyl halides is 3. The zero-order valence-electron chi connectivity index (χ0n) is 12.8. The first-order valence-corrected chi connectivity index (χ1v) is 9.76. The fraction of sp³-hybridized carbons (Fsp3) is 0.0625. The Morgan fingerprint density at radius 1 is 0.962 bits per heavy atom. The first-order chi connectivity index (χ1) is 12.2. The Bertz CT molecular complexity index is 1020. The van der Waals surface area contributed by atoms with Crippen LogP contribution in [-0.2, 0) is 10.0 Å². The summed E-state index contributed by atoms with van der Waals surface area (Å²) in [5.74, 6) is 0. The maximum atomic E-state index is 12.6. The number of nitrogens with zero attached hydrogens (tertiary/aromatic N) is 1. The number of hydrogen-bond donors (Lipinski definition) is 1. The monoisotopic (exact) mass is 418 g/mol. The summed E-state index contributed by atoms with van der Waals surface area (Å²) >= 11 is 6.68. The molecule has 2 aromatic carbocycles. The molecule has 0 fully saturated rings. The van der Waals surface area contributed by atoms with E-state index in [-0.39, 0.29) is 5.13 Å². The van der Waals surface area contributed by atoms with Crippen molar-refractivity contribution < 1.29 is 21.6 Å². The fourth-order valence-electron chi connectivity index (χ4n) is 2.13. The molecule has 0 aliphatic heterocycles. The van der Waals surface area contributed by atoms with E-state index in [4.69, 9.17) is 11.6 Å². The SMILES string of the molecule is O=S(=O)(Nc1nc(-c2ccc(Cl)cc2)c(-c2ccccc2)s1)C(F)(F)F. The molecule has 0 saturated carbocycles. The van der Waals surface area contributed by atoms with Crippen molar-refractivity contribution in [3.8, 4) is 21.7 Å². The van der Waals surface area contributed by atoms with E-state index in [1.165, 1.54) is 4.72 Å². The van der Waals surface area contributed by atoms with Crippen LogP contribution in [-0.4, -0.2) is 18.9 Å². The Morgan fingerprint density at radius 2 is 1.58 bits per heavy atom. The van der Waals surface area contributed by atoms with E-state index in [2.05, 4.69) is 4.98 Å². The summed E-state index contributed by atoms with van der Waals surface area (Å²) < 4.78 is 62.1. The lowest BCUT2D eigenvalue weighted by Gasteiger charge is -2.07. The largest absolute Gasteiger partial charge is 0.516 e. The Labute approximate surface area is 156 Å². The van der Waals surface area contributed by atoms with Gasteiger partial charge in [-0.3, -0.25) is 4.72 Å². The molecule has 3 aromatic rings. The summed E-state index contributed by atoms with van der Waals surface area (Å²) in [6, 6.07) is 15.4. The van der Waals surface area contributed by atoms with Crippen LogP contribution in [0.1, 0.15) is 0 Å². The van der Waals surface area contributed by atoms with Gasteiger partial charge in [-0.1, -0.05) is 65.4 Å². The van der Waals surface area contributed by atoms with Crippen LogP contribution >= 0.6 is 22.9 Å². The standard InChI is InChI=1S/C16H10ClF3N2O2S2/c17-12-8-6-10(7-9-12)13-14(11-4-2-1-3-5-11)25-15(21-13)22-26(23,24)16(18,19)20/h1-9H,(H,21,22). The Morgan fingerprint density at radius 3 is 2.15 bits per heavy atom. The molecule has 0 aliphatic rings. The van der Waals surface area contributed by atoms with E-state index in [0.717, 1.165) is 11.3 Å². The van der Waals surface area contributed by atoms with Gasteiger partial charge in [-0.2, -0.15) is 21.6 Å². The number of hydrogen-bond acceptors (Lipinski definition) is 4. The molecule has 26 heavy (non-hydrogen) atoms. The average Bonchev–Trinajstić information content (AvgIpc) is 2.98. The van der Waals surface area contributed by atoms with Crippen LogP contribution in [0, 0.1) is 0 Å². The second-order valence-electron chi connectivity index (χ2n) is 5.12. The summed E-state index contributed by atoms with van der Waals surface area (Å²) in [7, 11) is -5.55. The van der Waals surface area contributed by atoms with E-state index in [0.29, 0.717) is 26.7 Å². The van der Waals surface area contributed by atoms with E-state index in [1.807, 2.05) is 0 Å². The van der Waals surface area contributed by atoms with Crippen molar-refractivity contribution in [1.29, 1.82) is 0 Å². The minimum atomic E-state index is -5.55. The predicted octanol–water partition coefficient (Wildman–Crippen LogP) is 5.39. The quantitative estimate of drug-likeness (QED) is 0.617. The maximum absolute atomic E-state index is 12.6. The number of sulfonamides is 1. The van der Waals surface area contributed by atoms with Crippen LogP contribution in [0.25, 0.3) is 21.7 Å². The number of halogens is 4. The van der Waals surface area contributed by atoms with Gasteiger partial charge in [0.15, 0.2) is 5.13 Å². The molecule has 1 N–H and O–H groups in total. The third-order valence-electron chi connectivity index (χ3n) is 3.31. The molecule has 1 aromatic heterocycles. The fourth-order valence-corrected chi connectivity index (χ4v) is 3.98. The zero-order valence-corrected chi connectivity index (χ0v) is 15.2. The summed E-state index contributed by atoms with van der Waals surface area (Å²) in [4.78, 5) is 4.61. The molecule has 0 radical (unpaired) electrons. The summed E-state index contributed by atoms with van der Waals surface area (Å²) in [6.07, 6.45) is 0. The molecule has 0 spiro atoms. The van der Waals surface area contributed by atoms with Crippen LogP contribution in [0.4, 0.5) is 18.3 Å². The molecule has 0 atom stereocenters. The summed E-state index contributed by atoms with van der Waals surface area (Å²) in [6.45, 7) is 0. The normalized spacial score (nSPS) is 12.2. The number of anilines is 1. The second kappa shape index (κ2) is 6.90. The molecule has 4 nitrogen and oxygen atoms in total. The van der Waals surface area contributed by atoms with Crippen molar-refractivity contribution in [2.45, 2.75) is 5.51 Å². The second-order valence-corrected chi connectivity index (χ2v) is 8.23. The third kappa shape index (κ3) is 3.84. The molecular weight excluding hydrogens is 409 g/mol. The molecule has 136 valence electrons. The van der Waals surface area contributed by atoms with Crippen molar-refractivity contribution in [1.82, 2.24) is 4.98 Å². The van der Waals surface area contributed by atoms with Gasteiger partial charge in [0.1, 0.15) is 0 Å².